The van der Waals surface area contributed by atoms with E-state index in [0.29, 0.717) is 11.3 Å². The number of rotatable bonds is 2. The summed E-state index contributed by atoms with van der Waals surface area (Å²) in [6.07, 6.45) is 0. The van der Waals surface area contributed by atoms with E-state index in [4.69, 9.17) is 5.73 Å². The number of nitrogens with two attached hydrogens (primary N) is 1. The van der Waals surface area contributed by atoms with Gasteiger partial charge in [-0.3, -0.25) is 14.9 Å². The molecule has 16 heavy (non-hydrogen) atoms. The number of non-ortho nitro benzene ring substituents is 1. The largest absolute Gasteiger partial charge is 0.366 e. The van der Waals surface area contributed by atoms with E-state index in [1.54, 1.807) is 0 Å². The molecule has 0 unspecified atom stereocenters. The van der Waals surface area contributed by atoms with Crippen LogP contribution in [0.4, 0.5) is 5.69 Å². The zero-order chi connectivity index (χ0) is 12.1. The molecule has 1 rings (SSSR count). The van der Waals surface area contributed by atoms with Gasteiger partial charge in [0.05, 0.1) is 10.7 Å². The predicted octanol–water partition coefficient (Wildman–Crippen LogP) is 0.975. The van der Waals surface area contributed by atoms with Gasteiger partial charge in [0.1, 0.15) is 0 Å². The number of hydrogen-bond acceptors (Lipinski definition) is 4. The van der Waals surface area contributed by atoms with E-state index in [1.165, 1.54) is 12.1 Å². The predicted molar refractivity (Wildman–Crippen MR) is 62.3 cm³/mol. The van der Waals surface area contributed by atoms with Crippen LogP contribution in [0.3, 0.4) is 0 Å². The maximum absolute atomic E-state index is 10.9. The van der Waals surface area contributed by atoms with Crippen molar-refractivity contribution < 1.29 is 9.72 Å². The Bertz CT molecular complexity index is 470. The highest BCUT2D eigenvalue weighted by Crippen LogP contribution is 2.16. The third-order valence-electron chi connectivity index (χ3n) is 1.72. The van der Waals surface area contributed by atoms with E-state index in [-0.39, 0.29) is 11.3 Å². The molecule has 0 aliphatic heterocycles. The topological polar surface area (TPSA) is 86.2 Å². The Morgan fingerprint density at radius 1 is 1.50 bits per heavy atom. The number of hydrogen-bond donors (Lipinski definition) is 2. The first-order chi connectivity index (χ1) is 7.54. The molecule has 0 heterocycles. The molecular formula is C10H8N2O3S. The summed E-state index contributed by atoms with van der Waals surface area (Å²) in [5, 5.41) is 10.6. The van der Waals surface area contributed by atoms with Crippen LogP contribution in [0.5, 0.6) is 0 Å². The van der Waals surface area contributed by atoms with Crippen LogP contribution in [0, 0.1) is 22.0 Å². The number of benzene rings is 1. The fourth-order valence-corrected chi connectivity index (χ4v) is 1.15. The maximum Gasteiger partial charge on any atom is 0.271 e. The normalized spacial score (nSPS) is 9.06. The smallest absolute Gasteiger partial charge is 0.271 e. The van der Waals surface area contributed by atoms with E-state index >= 15 is 0 Å². The van der Waals surface area contributed by atoms with Gasteiger partial charge in [0.2, 0.25) is 5.91 Å². The van der Waals surface area contributed by atoms with Gasteiger partial charge in [-0.15, -0.1) is 0 Å². The summed E-state index contributed by atoms with van der Waals surface area (Å²) in [4.78, 5) is 20.9. The third-order valence-corrected chi connectivity index (χ3v) is 1.88. The number of thiol groups is 1. The summed E-state index contributed by atoms with van der Waals surface area (Å²) in [5.74, 6) is 4.89. The Labute approximate surface area is 97.2 Å². The summed E-state index contributed by atoms with van der Waals surface area (Å²) in [7, 11) is 0. The fourth-order valence-electron chi connectivity index (χ4n) is 1.07. The van der Waals surface area contributed by atoms with Crippen LogP contribution in [0.1, 0.15) is 15.9 Å². The Balaban J connectivity index is 3.29. The van der Waals surface area contributed by atoms with Crippen molar-refractivity contribution in [3.05, 3.63) is 39.4 Å². The lowest BCUT2D eigenvalue weighted by Crippen LogP contribution is -2.11. The van der Waals surface area contributed by atoms with Gasteiger partial charge in [-0.05, 0) is 6.07 Å². The van der Waals surface area contributed by atoms with Gasteiger partial charge in [-0.25, -0.2) is 0 Å². The highest BCUT2D eigenvalue weighted by atomic mass is 32.1. The molecule has 1 aromatic rings. The lowest BCUT2D eigenvalue weighted by atomic mass is 10.1. The standard InChI is InChI=1S/C10H8N2O3S/c11-10(13)8-4-7(2-1-3-16)5-9(6-8)12(14)15/h4-6,16H,3H2,(H2,11,13). The molecule has 0 fully saturated rings. The Hall–Kier alpha value is -2.00. The van der Waals surface area contributed by atoms with Gasteiger partial charge in [-0.1, -0.05) is 11.8 Å². The Kier molecular flexibility index (Phi) is 3.91. The molecule has 0 aliphatic carbocycles. The van der Waals surface area contributed by atoms with E-state index in [0.717, 1.165) is 6.07 Å². The van der Waals surface area contributed by atoms with Gasteiger partial charge in [0, 0.05) is 23.3 Å². The zero-order valence-corrected chi connectivity index (χ0v) is 9.03. The minimum absolute atomic E-state index is 0.0673. The number of amides is 1. The van der Waals surface area contributed by atoms with E-state index < -0.39 is 10.8 Å². The molecule has 0 spiro atoms. The van der Waals surface area contributed by atoms with E-state index in [1.807, 2.05) is 0 Å². The SMILES string of the molecule is NC(=O)c1cc(C#CCS)cc([N+](=O)[O-])c1. The second-order valence-corrected chi connectivity index (χ2v) is 3.17. The highest BCUT2D eigenvalue weighted by Gasteiger charge is 2.11. The van der Waals surface area contributed by atoms with E-state index in [2.05, 4.69) is 24.5 Å². The second kappa shape index (κ2) is 5.19. The molecule has 0 aromatic heterocycles. The van der Waals surface area contributed by atoms with Gasteiger partial charge in [0.15, 0.2) is 0 Å². The Morgan fingerprint density at radius 3 is 2.69 bits per heavy atom. The summed E-state index contributed by atoms with van der Waals surface area (Å²) in [6.45, 7) is 0. The van der Waals surface area contributed by atoms with Crippen molar-refractivity contribution in [3.63, 3.8) is 0 Å². The first-order valence-electron chi connectivity index (χ1n) is 4.23. The number of nitrogens with zero attached hydrogens (tertiary/aromatic N) is 1. The summed E-state index contributed by atoms with van der Waals surface area (Å²) in [5.41, 5.74) is 5.29. The van der Waals surface area contributed by atoms with Crippen molar-refractivity contribution in [2.75, 3.05) is 5.75 Å². The number of nitro benzene ring substituents is 1. The average molecular weight is 236 g/mol. The van der Waals surface area contributed by atoms with Crippen molar-refractivity contribution in [1.82, 2.24) is 0 Å². The third kappa shape index (κ3) is 3.00. The second-order valence-electron chi connectivity index (χ2n) is 2.85. The van der Waals surface area contributed by atoms with Gasteiger partial charge in [0.25, 0.3) is 5.69 Å². The number of nitro groups is 1. The summed E-state index contributed by atoms with van der Waals surface area (Å²) in [6, 6.07) is 3.81. The van der Waals surface area contributed by atoms with E-state index in [9.17, 15) is 14.9 Å². The summed E-state index contributed by atoms with van der Waals surface area (Å²) >= 11 is 3.88. The van der Waals surface area contributed by atoms with Crippen molar-refractivity contribution in [2.45, 2.75) is 0 Å². The molecule has 82 valence electrons. The number of carbonyl (C=O) groups excluding carboxylic acids is 1. The molecule has 0 aliphatic rings. The monoisotopic (exact) mass is 236 g/mol. The molecule has 5 nitrogen and oxygen atoms in total. The molecule has 2 N–H and O–H groups in total. The zero-order valence-electron chi connectivity index (χ0n) is 8.14. The number of carbonyl (C=O) groups is 1. The van der Waals surface area contributed by atoms with Crippen LogP contribution in [0.15, 0.2) is 18.2 Å². The van der Waals surface area contributed by atoms with Crippen molar-refractivity contribution in [1.29, 1.82) is 0 Å². The molecule has 0 radical (unpaired) electrons. The molecule has 0 saturated heterocycles. The van der Waals surface area contributed by atoms with Crippen LogP contribution in [0.25, 0.3) is 0 Å². The van der Waals surface area contributed by atoms with Crippen LogP contribution in [-0.2, 0) is 0 Å². The van der Waals surface area contributed by atoms with Crippen LogP contribution >= 0.6 is 12.6 Å². The first-order valence-corrected chi connectivity index (χ1v) is 4.87. The van der Waals surface area contributed by atoms with Gasteiger partial charge < -0.3 is 5.73 Å². The summed E-state index contributed by atoms with van der Waals surface area (Å²) < 4.78 is 0. The molecule has 6 heteroatoms. The number of primary amides is 1. The fraction of sp³-hybridized carbons (Fsp3) is 0.100. The molecule has 0 saturated carbocycles. The lowest BCUT2D eigenvalue weighted by molar-refractivity contribution is -0.384. The van der Waals surface area contributed by atoms with Crippen molar-refractivity contribution in [3.8, 4) is 11.8 Å². The Morgan fingerprint density at radius 2 is 2.19 bits per heavy atom. The quantitative estimate of drug-likeness (QED) is 0.347. The average Bonchev–Trinajstić information content (AvgIpc) is 2.25. The minimum Gasteiger partial charge on any atom is -0.366 e. The molecule has 0 bridgehead atoms. The molecule has 0 atom stereocenters. The van der Waals surface area contributed by atoms with Crippen LogP contribution in [-0.4, -0.2) is 16.6 Å². The van der Waals surface area contributed by atoms with Crippen LogP contribution < -0.4 is 5.73 Å². The molecule has 1 aromatic carbocycles. The van der Waals surface area contributed by atoms with Crippen molar-refractivity contribution >= 4 is 24.2 Å². The van der Waals surface area contributed by atoms with Gasteiger partial charge in [-0.2, -0.15) is 12.6 Å². The lowest BCUT2D eigenvalue weighted by Gasteiger charge is -1.97. The molecular weight excluding hydrogens is 228 g/mol. The first kappa shape index (κ1) is 12.1. The van der Waals surface area contributed by atoms with Crippen LogP contribution in [0.2, 0.25) is 0 Å². The van der Waals surface area contributed by atoms with Gasteiger partial charge >= 0.3 is 0 Å². The highest BCUT2D eigenvalue weighted by molar-refractivity contribution is 7.80. The molecule has 1 amide bonds. The minimum atomic E-state index is -0.724. The maximum atomic E-state index is 10.9. The van der Waals surface area contributed by atoms with Crippen molar-refractivity contribution in [2.24, 2.45) is 5.73 Å².